The van der Waals surface area contributed by atoms with E-state index in [9.17, 15) is 4.79 Å². The van der Waals surface area contributed by atoms with Crippen LogP contribution >= 0.6 is 0 Å². The zero-order chi connectivity index (χ0) is 12.5. The van der Waals surface area contributed by atoms with Gasteiger partial charge < -0.3 is 15.2 Å². The van der Waals surface area contributed by atoms with Crippen LogP contribution in [-0.2, 0) is 11.3 Å². The average molecular weight is 237 g/mol. The molecule has 17 heavy (non-hydrogen) atoms. The summed E-state index contributed by atoms with van der Waals surface area (Å²) in [5.74, 6) is -0.0769. The number of carbonyl (C=O) groups is 1. The molecule has 0 fully saturated rings. The Morgan fingerprint density at radius 2 is 2.00 bits per heavy atom. The van der Waals surface area contributed by atoms with Crippen molar-refractivity contribution in [2.75, 3.05) is 20.3 Å². The van der Waals surface area contributed by atoms with Gasteiger partial charge in [-0.05, 0) is 30.5 Å². The highest BCUT2D eigenvalue weighted by Gasteiger charge is 2.04. The van der Waals surface area contributed by atoms with Crippen LogP contribution in [0.2, 0.25) is 0 Å². The molecule has 0 aromatic heterocycles. The normalized spacial score (nSPS) is 10.2. The quantitative estimate of drug-likeness (QED) is 0.703. The van der Waals surface area contributed by atoms with Gasteiger partial charge in [0.15, 0.2) is 0 Å². The first-order chi connectivity index (χ1) is 8.27. The van der Waals surface area contributed by atoms with Gasteiger partial charge in [-0.25, -0.2) is 0 Å². The lowest BCUT2D eigenvalue weighted by Crippen LogP contribution is -2.24. The minimum absolute atomic E-state index is 0.0769. The lowest BCUT2D eigenvalue weighted by molar-refractivity contribution is 0.0952. The summed E-state index contributed by atoms with van der Waals surface area (Å²) in [5, 5.41) is 11.4. The van der Waals surface area contributed by atoms with Crippen LogP contribution in [0, 0.1) is 0 Å². The number of aliphatic hydroxyl groups excluding tert-OH is 1. The molecule has 0 aliphatic heterocycles. The van der Waals surface area contributed by atoms with Crippen molar-refractivity contribution >= 4 is 5.91 Å². The molecule has 1 amide bonds. The van der Waals surface area contributed by atoms with Gasteiger partial charge in [0.05, 0.1) is 6.61 Å². The van der Waals surface area contributed by atoms with Gasteiger partial charge in [-0.3, -0.25) is 4.79 Å². The molecular formula is C13H19NO3. The maximum Gasteiger partial charge on any atom is 0.251 e. The molecule has 0 radical (unpaired) electrons. The molecule has 2 N–H and O–H groups in total. The molecule has 0 spiro atoms. The molecular weight excluding hydrogens is 218 g/mol. The number of hydrogen-bond acceptors (Lipinski definition) is 3. The lowest BCUT2D eigenvalue weighted by atomic mass is 10.1. The summed E-state index contributed by atoms with van der Waals surface area (Å²) < 4.78 is 5.00. The van der Waals surface area contributed by atoms with Crippen LogP contribution in [0.4, 0.5) is 0 Å². The Morgan fingerprint density at radius 3 is 2.59 bits per heavy atom. The Kier molecular flexibility index (Phi) is 6.29. The molecule has 1 aromatic rings. The summed E-state index contributed by atoms with van der Waals surface area (Å²) in [6.45, 7) is 1.32. The molecule has 0 saturated heterocycles. The third kappa shape index (κ3) is 4.97. The van der Waals surface area contributed by atoms with Gasteiger partial charge in [0.25, 0.3) is 5.91 Å². The van der Waals surface area contributed by atoms with E-state index in [1.807, 2.05) is 12.1 Å². The average Bonchev–Trinajstić information content (AvgIpc) is 2.36. The molecule has 1 rings (SSSR count). The molecule has 4 heteroatoms. The Labute approximate surface area is 102 Å². The van der Waals surface area contributed by atoms with E-state index in [-0.39, 0.29) is 12.5 Å². The third-order valence-corrected chi connectivity index (χ3v) is 2.40. The van der Waals surface area contributed by atoms with E-state index in [0.29, 0.717) is 25.1 Å². The minimum Gasteiger partial charge on any atom is -0.396 e. The van der Waals surface area contributed by atoms with Crippen molar-refractivity contribution < 1.29 is 14.6 Å². The number of carbonyl (C=O) groups excluding carboxylic acids is 1. The van der Waals surface area contributed by atoms with Gasteiger partial charge in [-0.15, -0.1) is 0 Å². The SMILES string of the molecule is COCc1ccc(C(=O)NCCCCO)cc1. The van der Waals surface area contributed by atoms with Crippen LogP contribution in [0.1, 0.15) is 28.8 Å². The first-order valence-electron chi connectivity index (χ1n) is 5.75. The number of aliphatic hydroxyl groups is 1. The van der Waals surface area contributed by atoms with Crippen LogP contribution in [0.5, 0.6) is 0 Å². The highest BCUT2D eigenvalue weighted by atomic mass is 16.5. The van der Waals surface area contributed by atoms with Crippen LogP contribution in [0.3, 0.4) is 0 Å². The van der Waals surface area contributed by atoms with Gasteiger partial charge in [-0.1, -0.05) is 12.1 Å². The van der Waals surface area contributed by atoms with Crippen LogP contribution in [0.15, 0.2) is 24.3 Å². The Balaban J connectivity index is 2.40. The second kappa shape index (κ2) is 7.81. The van der Waals surface area contributed by atoms with Crippen molar-refractivity contribution in [2.24, 2.45) is 0 Å². The van der Waals surface area contributed by atoms with E-state index in [2.05, 4.69) is 5.32 Å². The first kappa shape index (κ1) is 13.7. The van der Waals surface area contributed by atoms with E-state index >= 15 is 0 Å². The lowest BCUT2D eigenvalue weighted by Gasteiger charge is -2.05. The van der Waals surface area contributed by atoms with Crippen molar-refractivity contribution in [1.82, 2.24) is 5.32 Å². The number of ether oxygens (including phenoxy) is 1. The third-order valence-electron chi connectivity index (χ3n) is 2.40. The molecule has 0 heterocycles. The fourth-order valence-electron chi connectivity index (χ4n) is 1.46. The van der Waals surface area contributed by atoms with Gasteiger partial charge in [-0.2, -0.15) is 0 Å². The summed E-state index contributed by atoms with van der Waals surface area (Å²) in [4.78, 5) is 11.7. The molecule has 0 unspecified atom stereocenters. The predicted octanol–water partition coefficient (Wildman–Crippen LogP) is 1.34. The minimum atomic E-state index is -0.0769. The van der Waals surface area contributed by atoms with Crippen LogP contribution in [-0.4, -0.2) is 31.3 Å². The van der Waals surface area contributed by atoms with E-state index in [4.69, 9.17) is 9.84 Å². The fourth-order valence-corrected chi connectivity index (χ4v) is 1.46. The molecule has 0 bridgehead atoms. The Bertz CT molecular complexity index is 335. The van der Waals surface area contributed by atoms with Gasteiger partial charge >= 0.3 is 0 Å². The zero-order valence-corrected chi connectivity index (χ0v) is 10.1. The highest BCUT2D eigenvalue weighted by molar-refractivity contribution is 5.94. The number of rotatable bonds is 7. The van der Waals surface area contributed by atoms with Crippen molar-refractivity contribution in [3.05, 3.63) is 35.4 Å². The number of benzene rings is 1. The van der Waals surface area contributed by atoms with E-state index in [1.54, 1.807) is 19.2 Å². The molecule has 4 nitrogen and oxygen atoms in total. The number of amides is 1. The topological polar surface area (TPSA) is 58.6 Å². The second-order valence-electron chi connectivity index (χ2n) is 3.82. The van der Waals surface area contributed by atoms with Crippen LogP contribution in [0.25, 0.3) is 0 Å². The summed E-state index contributed by atoms with van der Waals surface area (Å²) in [7, 11) is 1.64. The summed E-state index contributed by atoms with van der Waals surface area (Å²) in [6.07, 6.45) is 1.51. The predicted molar refractivity (Wildman–Crippen MR) is 65.8 cm³/mol. The maximum absolute atomic E-state index is 11.7. The standard InChI is InChI=1S/C13H19NO3/c1-17-10-11-4-6-12(7-5-11)13(16)14-8-2-3-9-15/h4-7,15H,2-3,8-10H2,1H3,(H,14,16). The second-order valence-corrected chi connectivity index (χ2v) is 3.82. The maximum atomic E-state index is 11.7. The highest BCUT2D eigenvalue weighted by Crippen LogP contribution is 2.05. The number of hydrogen-bond donors (Lipinski definition) is 2. The van der Waals surface area contributed by atoms with E-state index in [1.165, 1.54) is 0 Å². The fraction of sp³-hybridized carbons (Fsp3) is 0.462. The molecule has 94 valence electrons. The Morgan fingerprint density at radius 1 is 1.29 bits per heavy atom. The zero-order valence-electron chi connectivity index (χ0n) is 10.1. The van der Waals surface area contributed by atoms with Crippen LogP contribution < -0.4 is 5.32 Å². The number of unbranched alkanes of at least 4 members (excludes halogenated alkanes) is 1. The summed E-state index contributed by atoms with van der Waals surface area (Å²) >= 11 is 0. The van der Waals surface area contributed by atoms with Crippen molar-refractivity contribution in [3.8, 4) is 0 Å². The molecule has 1 aromatic carbocycles. The first-order valence-corrected chi connectivity index (χ1v) is 5.75. The van der Waals surface area contributed by atoms with Crippen molar-refractivity contribution in [2.45, 2.75) is 19.4 Å². The number of methoxy groups -OCH3 is 1. The molecule has 0 saturated carbocycles. The van der Waals surface area contributed by atoms with Gasteiger partial charge in [0.1, 0.15) is 0 Å². The van der Waals surface area contributed by atoms with E-state index < -0.39 is 0 Å². The summed E-state index contributed by atoms with van der Waals surface area (Å²) in [5.41, 5.74) is 1.69. The van der Waals surface area contributed by atoms with Gasteiger partial charge in [0.2, 0.25) is 0 Å². The largest absolute Gasteiger partial charge is 0.396 e. The smallest absolute Gasteiger partial charge is 0.251 e. The van der Waals surface area contributed by atoms with E-state index in [0.717, 1.165) is 12.0 Å². The van der Waals surface area contributed by atoms with Crippen molar-refractivity contribution in [3.63, 3.8) is 0 Å². The Hall–Kier alpha value is -1.39. The molecule has 0 aliphatic carbocycles. The molecule has 0 atom stereocenters. The van der Waals surface area contributed by atoms with Crippen molar-refractivity contribution in [1.29, 1.82) is 0 Å². The van der Waals surface area contributed by atoms with Gasteiger partial charge in [0, 0.05) is 25.8 Å². The molecule has 0 aliphatic rings. The number of nitrogens with one attached hydrogen (secondary N) is 1. The monoisotopic (exact) mass is 237 g/mol. The summed E-state index contributed by atoms with van der Waals surface area (Å²) in [6, 6.07) is 7.34.